The maximum atomic E-state index is 5.41. The number of nitrogens with zero attached hydrogens (tertiary/aromatic N) is 3. The first kappa shape index (κ1) is 19.5. The van der Waals surface area contributed by atoms with E-state index in [0.717, 1.165) is 43.3 Å². The molecule has 2 N–H and O–H groups in total. The molecule has 6 heteroatoms. The summed E-state index contributed by atoms with van der Waals surface area (Å²) >= 11 is 0. The Balaban J connectivity index is 2.40. The van der Waals surface area contributed by atoms with Gasteiger partial charge >= 0.3 is 0 Å². The van der Waals surface area contributed by atoms with E-state index in [4.69, 9.17) is 4.52 Å². The molecule has 0 radical (unpaired) electrons. The van der Waals surface area contributed by atoms with Gasteiger partial charge < -0.3 is 20.1 Å². The van der Waals surface area contributed by atoms with Crippen molar-refractivity contribution in [3.05, 3.63) is 17.5 Å². The van der Waals surface area contributed by atoms with Crippen LogP contribution in [0, 0.1) is 0 Å². The van der Waals surface area contributed by atoms with Gasteiger partial charge in [0.1, 0.15) is 0 Å². The molecule has 0 atom stereocenters. The fourth-order valence-electron chi connectivity index (χ4n) is 2.31. The Morgan fingerprint density at radius 3 is 2.57 bits per heavy atom. The molecule has 0 fully saturated rings. The third-order valence-corrected chi connectivity index (χ3v) is 4.27. The first-order valence-corrected chi connectivity index (χ1v) is 8.61. The Bertz CT molecular complexity index is 465. The van der Waals surface area contributed by atoms with Crippen molar-refractivity contribution in [3.63, 3.8) is 0 Å². The molecule has 0 aliphatic rings. The van der Waals surface area contributed by atoms with E-state index in [1.807, 2.05) is 6.07 Å². The standard InChI is InChI=1S/C17H33N5O/c1-7-14(8-2)16-11-15(23-21-16)12-20-17(18-5)19-9-10-22(6)13(3)4/h11,13-14H,7-10,12H2,1-6H3,(H2,18,19,20). The van der Waals surface area contributed by atoms with E-state index in [1.54, 1.807) is 7.05 Å². The molecule has 0 aliphatic heterocycles. The molecule has 0 amide bonds. The third-order valence-electron chi connectivity index (χ3n) is 4.27. The molecular formula is C17H33N5O. The molecule has 0 spiro atoms. The average molecular weight is 323 g/mol. The van der Waals surface area contributed by atoms with Gasteiger partial charge in [0.05, 0.1) is 12.2 Å². The van der Waals surface area contributed by atoms with Crippen LogP contribution in [-0.4, -0.2) is 49.2 Å². The smallest absolute Gasteiger partial charge is 0.191 e. The monoisotopic (exact) mass is 323 g/mol. The second kappa shape index (κ2) is 10.3. The lowest BCUT2D eigenvalue weighted by Gasteiger charge is -2.21. The van der Waals surface area contributed by atoms with Crippen LogP contribution in [0.25, 0.3) is 0 Å². The van der Waals surface area contributed by atoms with Crippen LogP contribution in [0.1, 0.15) is 57.9 Å². The Hall–Kier alpha value is -1.56. The first-order valence-electron chi connectivity index (χ1n) is 8.61. The second-order valence-electron chi connectivity index (χ2n) is 6.16. The zero-order valence-corrected chi connectivity index (χ0v) is 15.5. The highest BCUT2D eigenvalue weighted by Gasteiger charge is 2.13. The van der Waals surface area contributed by atoms with Gasteiger partial charge in [-0.3, -0.25) is 4.99 Å². The maximum Gasteiger partial charge on any atom is 0.191 e. The molecule has 132 valence electrons. The van der Waals surface area contributed by atoms with Crippen LogP contribution in [0.3, 0.4) is 0 Å². The summed E-state index contributed by atoms with van der Waals surface area (Å²) in [7, 11) is 3.90. The Labute approximate surface area is 140 Å². The molecule has 0 aliphatic carbocycles. The summed E-state index contributed by atoms with van der Waals surface area (Å²) in [6.07, 6.45) is 2.17. The lowest BCUT2D eigenvalue weighted by molar-refractivity contribution is 0.278. The minimum atomic E-state index is 0.483. The van der Waals surface area contributed by atoms with Gasteiger partial charge in [0.2, 0.25) is 0 Å². The van der Waals surface area contributed by atoms with Gasteiger partial charge in [-0.15, -0.1) is 0 Å². The fraction of sp³-hybridized carbons (Fsp3) is 0.765. The normalized spacial score (nSPS) is 12.5. The van der Waals surface area contributed by atoms with Crippen molar-refractivity contribution in [2.45, 2.75) is 59.0 Å². The van der Waals surface area contributed by atoms with Crippen molar-refractivity contribution < 1.29 is 4.52 Å². The van der Waals surface area contributed by atoms with Crippen LogP contribution in [0.15, 0.2) is 15.6 Å². The van der Waals surface area contributed by atoms with Gasteiger partial charge in [-0.1, -0.05) is 19.0 Å². The number of hydrogen-bond donors (Lipinski definition) is 2. The summed E-state index contributed by atoms with van der Waals surface area (Å²) in [5.41, 5.74) is 1.05. The van der Waals surface area contributed by atoms with Crippen LogP contribution < -0.4 is 10.6 Å². The number of nitrogens with one attached hydrogen (secondary N) is 2. The summed E-state index contributed by atoms with van der Waals surface area (Å²) in [5.74, 6) is 2.10. The summed E-state index contributed by atoms with van der Waals surface area (Å²) in [6.45, 7) is 11.2. The number of hydrogen-bond acceptors (Lipinski definition) is 4. The van der Waals surface area contributed by atoms with Gasteiger partial charge in [-0.25, -0.2) is 0 Å². The number of aliphatic imine (C=N–C) groups is 1. The summed E-state index contributed by atoms with van der Waals surface area (Å²) < 4.78 is 5.41. The number of rotatable bonds is 9. The number of likely N-dealkylation sites (N-methyl/N-ethyl adjacent to an activating group) is 1. The molecule has 0 saturated heterocycles. The molecule has 6 nitrogen and oxygen atoms in total. The van der Waals surface area contributed by atoms with Crippen molar-refractivity contribution in [1.82, 2.24) is 20.7 Å². The van der Waals surface area contributed by atoms with Crippen molar-refractivity contribution in [3.8, 4) is 0 Å². The lowest BCUT2D eigenvalue weighted by Crippen LogP contribution is -2.41. The van der Waals surface area contributed by atoms with Gasteiger partial charge in [-0.2, -0.15) is 0 Å². The topological polar surface area (TPSA) is 65.7 Å². The van der Waals surface area contributed by atoms with Crippen molar-refractivity contribution in [2.24, 2.45) is 4.99 Å². The predicted octanol–water partition coefficient (Wildman–Crippen LogP) is 2.58. The fourth-order valence-corrected chi connectivity index (χ4v) is 2.31. The van der Waals surface area contributed by atoms with Crippen molar-refractivity contribution in [2.75, 3.05) is 27.2 Å². The van der Waals surface area contributed by atoms with E-state index in [2.05, 4.69) is 60.4 Å². The highest BCUT2D eigenvalue weighted by atomic mass is 16.5. The summed E-state index contributed by atoms with van der Waals surface area (Å²) in [6, 6.07) is 2.59. The molecule has 23 heavy (non-hydrogen) atoms. The van der Waals surface area contributed by atoms with Crippen molar-refractivity contribution >= 4 is 5.96 Å². The van der Waals surface area contributed by atoms with Gasteiger partial charge in [0.15, 0.2) is 11.7 Å². The lowest BCUT2D eigenvalue weighted by atomic mass is 9.99. The molecule has 0 aromatic carbocycles. The van der Waals surface area contributed by atoms with E-state index in [-0.39, 0.29) is 0 Å². The van der Waals surface area contributed by atoms with Crippen LogP contribution in [0.5, 0.6) is 0 Å². The van der Waals surface area contributed by atoms with Crippen LogP contribution in [0.2, 0.25) is 0 Å². The Morgan fingerprint density at radius 2 is 2.00 bits per heavy atom. The molecule has 1 heterocycles. The largest absolute Gasteiger partial charge is 0.359 e. The first-order chi connectivity index (χ1) is 11.0. The zero-order chi connectivity index (χ0) is 17.2. The highest BCUT2D eigenvalue weighted by Crippen LogP contribution is 2.22. The Kier molecular flexibility index (Phi) is 8.69. The number of guanidine groups is 1. The van der Waals surface area contributed by atoms with Crippen molar-refractivity contribution in [1.29, 1.82) is 0 Å². The Morgan fingerprint density at radius 1 is 1.30 bits per heavy atom. The number of aromatic nitrogens is 1. The van der Waals surface area contributed by atoms with Crippen LogP contribution >= 0.6 is 0 Å². The quantitative estimate of drug-likeness (QED) is 0.540. The van der Waals surface area contributed by atoms with Gasteiger partial charge in [-0.05, 0) is 33.7 Å². The molecule has 0 unspecified atom stereocenters. The van der Waals surface area contributed by atoms with E-state index >= 15 is 0 Å². The van der Waals surface area contributed by atoms with E-state index in [9.17, 15) is 0 Å². The minimum absolute atomic E-state index is 0.483. The maximum absolute atomic E-state index is 5.41. The average Bonchev–Trinajstić information content (AvgIpc) is 3.00. The summed E-state index contributed by atoms with van der Waals surface area (Å²) in [4.78, 5) is 6.52. The second-order valence-corrected chi connectivity index (χ2v) is 6.16. The SMILES string of the molecule is CCC(CC)c1cc(CNC(=NC)NCCN(C)C(C)C)on1. The van der Waals surface area contributed by atoms with E-state index in [0.29, 0.717) is 18.5 Å². The molecular weight excluding hydrogens is 290 g/mol. The van der Waals surface area contributed by atoms with Crippen LogP contribution in [-0.2, 0) is 6.54 Å². The van der Waals surface area contributed by atoms with E-state index in [1.165, 1.54) is 0 Å². The highest BCUT2D eigenvalue weighted by molar-refractivity contribution is 5.79. The molecule has 1 aromatic rings. The van der Waals surface area contributed by atoms with Gasteiger partial charge in [0.25, 0.3) is 0 Å². The van der Waals surface area contributed by atoms with E-state index < -0.39 is 0 Å². The van der Waals surface area contributed by atoms with Gasteiger partial charge in [0, 0.05) is 38.2 Å². The third kappa shape index (κ3) is 6.60. The minimum Gasteiger partial charge on any atom is -0.359 e. The summed E-state index contributed by atoms with van der Waals surface area (Å²) in [5, 5.41) is 10.8. The molecule has 1 aromatic heterocycles. The molecule has 1 rings (SSSR count). The van der Waals surface area contributed by atoms with Crippen LogP contribution in [0.4, 0.5) is 0 Å². The molecule has 0 saturated carbocycles. The molecule has 0 bridgehead atoms. The predicted molar refractivity (Wildman–Crippen MR) is 95.8 cm³/mol. The zero-order valence-electron chi connectivity index (χ0n) is 15.5.